The fourth-order valence-electron chi connectivity index (χ4n) is 4.68. The molecular formula is C26H30N2O5. The lowest BCUT2D eigenvalue weighted by Gasteiger charge is -2.31. The number of likely N-dealkylation sites (N-methyl/N-ethyl adjacent to an activating group) is 1. The van der Waals surface area contributed by atoms with Crippen LogP contribution in [-0.4, -0.2) is 53.2 Å². The van der Waals surface area contributed by atoms with E-state index in [9.17, 15) is 19.5 Å². The van der Waals surface area contributed by atoms with Gasteiger partial charge in [0.2, 0.25) is 5.91 Å². The number of rotatable bonds is 8. The molecule has 1 unspecified atom stereocenters. The highest BCUT2D eigenvalue weighted by Gasteiger charge is 2.56. The molecule has 4 rings (SSSR count). The van der Waals surface area contributed by atoms with Crippen LogP contribution in [0.2, 0.25) is 0 Å². The summed E-state index contributed by atoms with van der Waals surface area (Å²) in [6, 6.07) is 15.3. The molecule has 2 N–H and O–H groups in total. The van der Waals surface area contributed by atoms with Crippen LogP contribution in [0.5, 0.6) is 0 Å². The number of carboxylic acid groups (broad SMARTS) is 1. The van der Waals surface area contributed by atoms with Gasteiger partial charge in [-0.2, -0.15) is 0 Å². The molecule has 2 amide bonds. The number of aliphatic carboxylic acids is 1. The average Bonchev–Trinajstić information content (AvgIpc) is 3.58. The molecule has 7 heteroatoms. The number of benzene rings is 2. The van der Waals surface area contributed by atoms with Crippen LogP contribution in [0.15, 0.2) is 48.5 Å². The number of ether oxygens (including phenoxy) is 1. The van der Waals surface area contributed by atoms with Crippen LogP contribution in [0.3, 0.4) is 0 Å². The molecule has 0 radical (unpaired) electrons. The molecule has 2 aliphatic rings. The van der Waals surface area contributed by atoms with Crippen molar-refractivity contribution in [3.05, 3.63) is 59.7 Å². The van der Waals surface area contributed by atoms with E-state index in [-0.39, 0.29) is 18.4 Å². The lowest BCUT2D eigenvalue weighted by molar-refractivity contribution is -0.152. The number of nitrogens with one attached hydrogen (secondary N) is 1. The Morgan fingerprint density at radius 1 is 1.09 bits per heavy atom. The summed E-state index contributed by atoms with van der Waals surface area (Å²) in [5.74, 6) is -1.67. The standard InChI is InChI=1S/C26H30N2O5/c1-4-16(2)22(23(29)28(3)26(13-14-26)24(30)31)27-25(32)33-15-21-19-11-7-5-9-17(19)18-10-6-8-12-20(18)21/h5-12,16,21-22H,4,13-15H2,1-3H3,(H,27,32)(H,30,31)/t16?,22-/m0/s1. The number of hydrogen-bond donors (Lipinski definition) is 2. The molecule has 1 fully saturated rings. The Bertz CT molecular complexity index is 1030. The summed E-state index contributed by atoms with van der Waals surface area (Å²) in [4.78, 5) is 38.8. The van der Waals surface area contributed by atoms with Crippen molar-refractivity contribution in [3.63, 3.8) is 0 Å². The second-order valence-corrected chi connectivity index (χ2v) is 9.07. The van der Waals surface area contributed by atoms with E-state index < -0.39 is 29.6 Å². The molecule has 0 spiro atoms. The number of fused-ring (bicyclic) bond motifs is 3. The SMILES string of the molecule is CCC(C)[C@H](NC(=O)OCC1c2ccccc2-c2ccccc21)C(=O)N(C)C1(C(=O)O)CC1. The molecule has 1 saturated carbocycles. The number of hydrogen-bond acceptors (Lipinski definition) is 4. The van der Waals surface area contributed by atoms with Gasteiger partial charge in [-0.1, -0.05) is 68.8 Å². The molecule has 0 saturated heterocycles. The molecular weight excluding hydrogens is 420 g/mol. The van der Waals surface area contributed by atoms with Crippen LogP contribution in [0, 0.1) is 5.92 Å². The van der Waals surface area contributed by atoms with Gasteiger partial charge in [0.1, 0.15) is 18.2 Å². The van der Waals surface area contributed by atoms with Gasteiger partial charge in [0.25, 0.3) is 0 Å². The zero-order valence-corrected chi connectivity index (χ0v) is 19.2. The Morgan fingerprint density at radius 2 is 1.64 bits per heavy atom. The minimum absolute atomic E-state index is 0.0784. The summed E-state index contributed by atoms with van der Waals surface area (Å²) in [6.07, 6.45) is 0.809. The van der Waals surface area contributed by atoms with Crippen molar-refractivity contribution in [3.8, 4) is 11.1 Å². The van der Waals surface area contributed by atoms with Crippen molar-refractivity contribution in [1.29, 1.82) is 0 Å². The highest BCUT2D eigenvalue weighted by Crippen LogP contribution is 2.44. The fraction of sp³-hybridized carbons (Fsp3) is 0.423. The third-order valence-electron chi connectivity index (χ3n) is 7.19. The van der Waals surface area contributed by atoms with Gasteiger partial charge in [0, 0.05) is 13.0 Å². The van der Waals surface area contributed by atoms with Gasteiger partial charge >= 0.3 is 12.1 Å². The highest BCUT2D eigenvalue weighted by atomic mass is 16.5. The van der Waals surface area contributed by atoms with Crippen molar-refractivity contribution in [1.82, 2.24) is 10.2 Å². The number of carbonyl (C=O) groups excluding carboxylic acids is 2. The molecule has 0 heterocycles. The predicted octanol–water partition coefficient (Wildman–Crippen LogP) is 4.02. The lowest BCUT2D eigenvalue weighted by Crippen LogP contribution is -2.55. The minimum atomic E-state index is -1.16. The number of amides is 2. The van der Waals surface area contributed by atoms with E-state index >= 15 is 0 Å². The van der Waals surface area contributed by atoms with Crippen LogP contribution < -0.4 is 5.32 Å². The van der Waals surface area contributed by atoms with Crippen molar-refractivity contribution in [2.24, 2.45) is 5.92 Å². The van der Waals surface area contributed by atoms with E-state index in [4.69, 9.17) is 4.74 Å². The first-order valence-corrected chi connectivity index (χ1v) is 11.4. The smallest absolute Gasteiger partial charge is 0.407 e. The molecule has 33 heavy (non-hydrogen) atoms. The summed E-state index contributed by atoms with van der Waals surface area (Å²) in [5, 5.41) is 12.3. The first-order chi connectivity index (χ1) is 15.8. The van der Waals surface area contributed by atoms with Gasteiger partial charge in [-0.25, -0.2) is 9.59 Å². The topological polar surface area (TPSA) is 95.9 Å². The monoisotopic (exact) mass is 450 g/mol. The Kier molecular flexibility index (Phi) is 6.15. The van der Waals surface area contributed by atoms with Gasteiger partial charge in [-0.3, -0.25) is 4.79 Å². The second-order valence-electron chi connectivity index (χ2n) is 9.07. The maximum absolute atomic E-state index is 13.2. The maximum Gasteiger partial charge on any atom is 0.407 e. The van der Waals surface area contributed by atoms with Crippen molar-refractivity contribution in [2.45, 2.75) is 50.6 Å². The summed E-state index contributed by atoms with van der Waals surface area (Å²) in [6.45, 7) is 3.94. The van der Waals surface area contributed by atoms with Crippen LogP contribution >= 0.6 is 0 Å². The average molecular weight is 451 g/mol. The molecule has 0 aliphatic heterocycles. The minimum Gasteiger partial charge on any atom is -0.479 e. The molecule has 0 bridgehead atoms. The number of carboxylic acids is 1. The van der Waals surface area contributed by atoms with Crippen molar-refractivity contribution in [2.75, 3.05) is 13.7 Å². The van der Waals surface area contributed by atoms with Crippen LogP contribution in [-0.2, 0) is 14.3 Å². The van der Waals surface area contributed by atoms with Crippen LogP contribution in [0.25, 0.3) is 11.1 Å². The van der Waals surface area contributed by atoms with E-state index in [1.54, 1.807) is 0 Å². The maximum atomic E-state index is 13.2. The highest BCUT2D eigenvalue weighted by molar-refractivity contribution is 5.93. The molecule has 0 aromatic heterocycles. The number of alkyl carbamates (subject to hydrolysis) is 1. The van der Waals surface area contributed by atoms with Gasteiger partial charge < -0.3 is 20.1 Å². The Hall–Kier alpha value is -3.35. The molecule has 174 valence electrons. The quantitative estimate of drug-likeness (QED) is 0.633. The molecule has 2 aromatic rings. The van der Waals surface area contributed by atoms with Gasteiger partial charge in [-0.05, 0) is 41.0 Å². The van der Waals surface area contributed by atoms with Crippen molar-refractivity contribution >= 4 is 18.0 Å². The second kappa shape index (κ2) is 8.89. The van der Waals surface area contributed by atoms with E-state index in [1.165, 1.54) is 11.9 Å². The Labute approximate surface area is 193 Å². The van der Waals surface area contributed by atoms with E-state index in [0.717, 1.165) is 22.3 Å². The van der Waals surface area contributed by atoms with Crippen LogP contribution in [0.1, 0.15) is 50.2 Å². The van der Waals surface area contributed by atoms with Crippen molar-refractivity contribution < 1.29 is 24.2 Å². The van der Waals surface area contributed by atoms with E-state index in [0.29, 0.717) is 19.3 Å². The summed E-state index contributed by atoms with van der Waals surface area (Å²) >= 11 is 0. The van der Waals surface area contributed by atoms with E-state index in [2.05, 4.69) is 17.4 Å². The van der Waals surface area contributed by atoms with Gasteiger partial charge in [-0.15, -0.1) is 0 Å². The zero-order chi connectivity index (χ0) is 23.8. The van der Waals surface area contributed by atoms with E-state index in [1.807, 2.05) is 50.2 Å². The van der Waals surface area contributed by atoms with Gasteiger partial charge in [0.15, 0.2) is 0 Å². The third-order valence-corrected chi connectivity index (χ3v) is 7.19. The molecule has 2 aliphatic carbocycles. The third kappa shape index (κ3) is 4.08. The number of nitrogens with zero attached hydrogens (tertiary/aromatic N) is 1. The largest absolute Gasteiger partial charge is 0.479 e. The lowest BCUT2D eigenvalue weighted by atomic mass is 9.97. The summed E-state index contributed by atoms with van der Waals surface area (Å²) in [5.41, 5.74) is 3.33. The zero-order valence-electron chi connectivity index (χ0n) is 19.2. The molecule has 7 nitrogen and oxygen atoms in total. The first-order valence-electron chi connectivity index (χ1n) is 11.4. The van der Waals surface area contributed by atoms with Gasteiger partial charge in [0.05, 0.1) is 0 Å². The summed E-state index contributed by atoms with van der Waals surface area (Å²) < 4.78 is 5.61. The normalized spacial score (nSPS) is 17.3. The molecule has 2 atom stereocenters. The Balaban J connectivity index is 1.46. The first kappa shape index (κ1) is 22.8. The number of carbonyl (C=O) groups is 3. The molecule has 2 aromatic carbocycles. The fourth-order valence-corrected chi connectivity index (χ4v) is 4.68. The Morgan fingerprint density at radius 3 is 2.12 bits per heavy atom. The predicted molar refractivity (Wildman–Crippen MR) is 124 cm³/mol. The van der Waals surface area contributed by atoms with Crippen LogP contribution in [0.4, 0.5) is 4.79 Å². The summed E-state index contributed by atoms with van der Waals surface area (Å²) in [7, 11) is 1.50.